The Morgan fingerprint density at radius 2 is 2.04 bits per heavy atom. The summed E-state index contributed by atoms with van der Waals surface area (Å²) in [5, 5.41) is 12.8. The van der Waals surface area contributed by atoms with E-state index in [1.807, 2.05) is 25.1 Å². The Balaban J connectivity index is 1.54. The number of ether oxygens (including phenoxy) is 1. The smallest absolute Gasteiger partial charge is 0.310 e. The highest BCUT2D eigenvalue weighted by atomic mass is 16.5. The Bertz CT molecular complexity index is 928. The summed E-state index contributed by atoms with van der Waals surface area (Å²) in [5.74, 6) is -0.847. The van der Waals surface area contributed by atoms with Crippen molar-refractivity contribution in [3.8, 4) is 5.75 Å². The van der Waals surface area contributed by atoms with Crippen LogP contribution in [0.15, 0.2) is 53.1 Å². The summed E-state index contributed by atoms with van der Waals surface area (Å²) in [7, 11) is 0. The highest BCUT2D eigenvalue weighted by Crippen LogP contribution is 2.25. The van der Waals surface area contributed by atoms with Crippen LogP contribution in [0.5, 0.6) is 5.75 Å². The molecule has 2 N–H and O–H groups in total. The zero-order chi connectivity index (χ0) is 17.8. The van der Waals surface area contributed by atoms with Crippen LogP contribution in [-0.4, -0.2) is 23.6 Å². The molecule has 0 aliphatic carbocycles. The molecule has 0 saturated carbocycles. The van der Waals surface area contributed by atoms with Gasteiger partial charge < -0.3 is 19.6 Å². The van der Waals surface area contributed by atoms with E-state index in [1.54, 1.807) is 12.1 Å². The molecule has 0 radical (unpaired) electrons. The van der Waals surface area contributed by atoms with Crippen LogP contribution in [0, 0.1) is 6.92 Å². The van der Waals surface area contributed by atoms with E-state index >= 15 is 0 Å². The fourth-order valence-electron chi connectivity index (χ4n) is 2.48. The molecule has 1 aromatic heterocycles. The average Bonchev–Trinajstić information content (AvgIpc) is 2.95. The predicted octanol–water partition coefficient (Wildman–Crippen LogP) is 3.17. The lowest BCUT2D eigenvalue weighted by molar-refractivity contribution is -0.146. The summed E-state index contributed by atoms with van der Waals surface area (Å²) < 4.78 is 10.3. The van der Waals surface area contributed by atoms with Gasteiger partial charge in [-0.05, 0) is 36.8 Å². The molecule has 3 aromatic rings. The maximum absolute atomic E-state index is 11.9. The molecule has 0 fully saturated rings. The van der Waals surface area contributed by atoms with Crippen LogP contribution in [0.2, 0.25) is 0 Å². The molecule has 1 heterocycles. The van der Waals surface area contributed by atoms with E-state index in [4.69, 9.17) is 9.15 Å². The van der Waals surface area contributed by atoms with Gasteiger partial charge in [0, 0.05) is 22.7 Å². The van der Waals surface area contributed by atoms with Crippen molar-refractivity contribution in [3.05, 3.63) is 59.9 Å². The van der Waals surface area contributed by atoms with Crippen LogP contribution in [-0.2, 0) is 20.7 Å². The monoisotopic (exact) mass is 339 g/mol. The number of aryl methyl sites for hydroxylation is 1. The van der Waals surface area contributed by atoms with Gasteiger partial charge in [0.25, 0.3) is 5.91 Å². The number of esters is 1. The van der Waals surface area contributed by atoms with Crippen LogP contribution in [0.1, 0.15) is 11.1 Å². The summed E-state index contributed by atoms with van der Waals surface area (Å²) in [6.45, 7) is 1.56. The highest BCUT2D eigenvalue weighted by Gasteiger charge is 2.13. The van der Waals surface area contributed by atoms with Crippen LogP contribution >= 0.6 is 0 Å². The van der Waals surface area contributed by atoms with E-state index in [9.17, 15) is 14.7 Å². The third-order valence-electron chi connectivity index (χ3n) is 3.64. The van der Waals surface area contributed by atoms with Crippen LogP contribution in [0.3, 0.4) is 0 Å². The number of benzene rings is 2. The van der Waals surface area contributed by atoms with E-state index in [1.165, 1.54) is 18.4 Å². The number of phenols is 1. The first-order chi connectivity index (χ1) is 12.0. The normalized spacial score (nSPS) is 10.6. The molecule has 0 atom stereocenters. The number of fused-ring (bicyclic) bond motifs is 1. The lowest BCUT2D eigenvalue weighted by Crippen LogP contribution is -2.21. The van der Waals surface area contributed by atoms with Crippen LogP contribution in [0.25, 0.3) is 11.0 Å². The van der Waals surface area contributed by atoms with E-state index in [2.05, 4.69) is 5.32 Å². The highest BCUT2D eigenvalue weighted by molar-refractivity contribution is 5.93. The van der Waals surface area contributed by atoms with E-state index in [-0.39, 0.29) is 18.8 Å². The van der Waals surface area contributed by atoms with Crippen LogP contribution in [0.4, 0.5) is 5.69 Å². The second-order valence-electron chi connectivity index (χ2n) is 5.70. The van der Waals surface area contributed by atoms with Crippen molar-refractivity contribution in [3.63, 3.8) is 0 Å². The molecule has 0 aliphatic rings. The zero-order valence-corrected chi connectivity index (χ0v) is 13.6. The molecule has 0 aliphatic heterocycles. The first-order valence-corrected chi connectivity index (χ1v) is 7.72. The zero-order valence-electron chi connectivity index (χ0n) is 13.6. The number of phenolic OH excluding ortho intramolecular Hbond substituents is 1. The molecule has 128 valence electrons. The van der Waals surface area contributed by atoms with Gasteiger partial charge in [0.1, 0.15) is 11.3 Å². The minimum absolute atomic E-state index is 0.0184. The third-order valence-corrected chi connectivity index (χ3v) is 3.64. The number of rotatable bonds is 5. The molecule has 6 nitrogen and oxygen atoms in total. The fourth-order valence-corrected chi connectivity index (χ4v) is 2.48. The average molecular weight is 339 g/mol. The molecule has 1 amide bonds. The van der Waals surface area contributed by atoms with Crippen molar-refractivity contribution in [2.24, 2.45) is 0 Å². The van der Waals surface area contributed by atoms with Gasteiger partial charge in [-0.3, -0.25) is 9.59 Å². The number of carbonyl (C=O) groups is 2. The summed E-state index contributed by atoms with van der Waals surface area (Å²) in [5.41, 5.74) is 2.80. The van der Waals surface area contributed by atoms with Gasteiger partial charge in [-0.15, -0.1) is 0 Å². The number of carbonyl (C=O) groups excluding carboxylic acids is 2. The quantitative estimate of drug-likeness (QED) is 0.697. The van der Waals surface area contributed by atoms with Crippen molar-refractivity contribution in [1.29, 1.82) is 0 Å². The lowest BCUT2D eigenvalue weighted by Gasteiger charge is -2.07. The molecule has 0 unspecified atom stereocenters. The van der Waals surface area contributed by atoms with Crippen molar-refractivity contribution in [2.75, 3.05) is 11.9 Å². The Morgan fingerprint density at radius 1 is 1.20 bits per heavy atom. The van der Waals surface area contributed by atoms with Crippen LogP contribution < -0.4 is 5.32 Å². The Kier molecular flexibility index (Phi) is 4.70. The van der Waals surface area contributed by atoms with Gasteiger partial charge in [0.05, 0.1) is 12.7 Å². The summed E-state index contributed by atoms with van der Waals surface area (Å²) in [6, 6.07) is 12.0. The Labute approximate surface area is 144 Å². The number of amides is 1. The fraction of sp³-hybridized carbons (Fsp3) is 0.158. The lowest BCUT2D eigenvalue weighted by atomic mass is 10.1. The second kappa shape index (κ2) is 7.09. The first kappa shape index (κ1) is 16.6. The summed E-state index contributed by atoms with van der Waals surface area (Å²) in [6.07, 6.45) is 1.42. The number of aromatic hydroxyl groups is 1. The molecule has 25 heavy (non-hydrogen) atoms. The van der Waals surface area contributed by atoms with Gasteiger partial charge in [-0.1, -0.05) is 12.1 Å². The van der Waals surface area contributed by atoms with Gasteiger partial charge in [-0.25, -0.2) is 0 Å². The van der Waals surface area contributed by atoms with Crippen molar-refractivity contribution in [2.45, 2.75) is 13.3 Å². The molecular formula is C19H17NO5. The SMILES string of the molecule is Cc1cccc(NC(=O)COC(=O)Cc2coc3cc(O)ccc23)c1. The summed E-state index contributed by atoms with van der Waals surface area (Å²) in [4.78, 5) is 23.8. The maximum atomic E-state index is 11.9. The molecule has 6 heteroatoms. The number of hydrogen-bond donors (Lipinski definition) is 2. The molecule has 3 rings (SSSR count). The van der Waals surface area contributed by atoms with Crippen molar-refractivity contribution in [1.82, 2.24) is 0 Å². The summed E-state index contributed by atoms with van der Waals surface area (Å²) >= 11 is 0. The minimum Gasteiger partial charge on any atom is -0.508 e. The maximum Gasteiger partial charge on any atom is 0.310 e. The molecule has 0 bridgehead atoms. The van der Waals surface area contributed by atoms with Gasteiger partial charge in [0.2, 0.25) is 0 Å². The van der Waals surface area contributed by atoms with Crippen molar-refractivity contribution >= 4 is 28.5 Å². The molecular weight excluding hydrogens is 322 g/mol. The molecule has 0 spiro atoms. The van der Waals surface area contributed by atoms with E-state index in [0.29, 0.717) is 16.8 Å². The van der Waals surface area contributed by atoms with Gasteiger partial charge in [0.15, 0.2) is 6.61 Å². The van der Waals surface area contributed by atoms with Crippen molar-refractivity contribution < 1.29 is 23.8 Å². The number of hydrogen-bond acceptors (Lipinski definition) is 5. The first-order valence-electron chi connectivity index (χ1n) is 7.72. The number of furan rings is 1. The Hall–Kier alpha value is -3.28. The van der Waals surface area contributed by atoms with Gasteiger partial charge in [-0.2, -0.15) is 0 Å². The second-order valence-corrected chi connectivity index (χ2v) is 5.70. The third kappa shape index (κ3) is 4.17. The standard InChI is InChI=1S/C19H17NO5/c1-12-3-2-4-14(7-12)20-18(22)11-25-19(23)8-13-10-24-17-9-15(21)5-6-16(13)17/h2-7,9-10,21H,8,11H2,1H3,(H,20,22). The predicted molar refractivity (Wildman–Crippen MR) is 92.4 cm³/mol. The number of anilines is 1. The topological polar surface area (TPSA) is 88.8 Å². The van der Waals surface area contributed by atoms with Gasteiger partial charge >= 0.3 is 5.97 Å². The largest absolute Gasteiger partial charge is 0.508 e. The number of nitrogens with one attached hydrogen (secondary N) is 1. The molecule has 2 aromatic carbocycles. The van der Waals surface area contributed by atoms with E-state index in [0.717, 1.165) is 10.9 Å². The minimum atomic E-state index is -0.532. The van der Waals surface area contributed by atoms with E-state index < -0.39 is 11.9 Å². The molecule has 0 saturated heterocycles. The Morgan fingerprint density at radius 3 is 2.84 bits per heavy atom.